The van der Waals surface area contributed by atoms with E-state index in [-0.39, 0.29) is 12.1 Å². The lowest BCUT2D eigenvalue weighted by Gasteiger charge is -2.34. The molecule has 3 aliphatic rings. The molecular weight excluding hydrogens is 260 g/mol. The molecule has 0 aromatic rings. The van der Waals surface area contributed by atoms with Crippen LogP contribution in [-0.4, -0.2) is 41.9 Å². The molecule has 3 N–H and O–H groups in total. The maximum Gasteiger partial charge on any atom is 0.329 e. The molecule has 2 aliphatic carbocycles. The number of rotatable bonds is 5. The Labute approximate surface area is 118 Å². The molecule has 0 atom stereocenters. The first-order valence-corrected chi connectivity index (χ1v) is 7.50. The lowest BCUT2D eigenvalue weighted by molar-refractivity contribution is -0.148. The Morgan fingerprint density at radius 2 is 1.65 bits per heavy atom. The fourth-order valence-electron chi connectivity index (χ4n) is 3.05. The third-order valence-corrected chi connectivity index (χ3v) is 4.67. The molecule has 1 saturated heterocycles. The van der Waals surface area contributed by atoms with Crippen molar-refractivity contribution in [2.75, 3.05) is 13.2 Å². The number of hydrogen-bond acceptors (Lipinski definition) is 3. The van der Waals surface area contributed by atoms with Gasteiger partial charge in [0, 0.05) is 32.1 Å². The molecule has 112 valence electrons. The lowest BCUT2D eigenvalue weighted by atomic mass is 9.90. The van der Waals surface area contributed by atoms with Gasteiger partial charge in [0.15, 0.2) is 0 Å². The van der Waals surface area contributed by atoms with Crippen LogP contribution in [-0.2, 0) is 9.53 Å². The van der Waals surface area contributed by atoms with Gasteiger partial charge in [-0.15, -0.1) is 0 Å². The second-order valence-corrected chi connectivity index (χ2v) is 6.30. The van der Waals surface area contributed by atoms with Gasteiger partial charge in [-0.1, -0.05) is 0 Å². The number of carbonyl (C=O) groups is 2. The van der Waals surface area contributed by atoms with Crippen LogP contribution in [0, 0.1) is 11.8 Å². The molecule has 20 heavy (non-hydrogen) atoms. The van der Waals surface area contributed by atoms with Crippen LogP contribution >= 0.6 is 0 Å². The monoisotopic (exact) mass is 282 g/mol. The number of amides is 2. The number of carboxylic acids is 1. The van der Waals surface area contributed by atoms with Gasteiger partial charge in [-0.2, -0.15) is 0 Å². The van der Waals surface area contributed by atoms with Crippen LogP contribution < -0.4 is 10.6 Å². The van der Waals surface area contributed by atoms with E-state index in [2.05, 4.69) is 10.6 Å². The molecule has 0 aromatic heterocycles. The van der Waals surface area contributed by atoms with E-state index in [9.17, 15) is 14.7 Å². The molecule has 0 spiro atoms. The number of nitrogens with one attached hydrogen (secondary N) is 2. The minimum atomic E-state index is -1.17. The standard InChI is InChI=1S/C14H22N2O4/c17-12(18)14(5-7-20-8-6-14)16-13(19)15-11(9-1-2-9)10-3-4-10/h9-11H,1-8H2,(H,17,18)(H2,15,16,19). The average Bonchev–Trinajstić information content (AvgIpc) is 3.29. The van der Waals surface area contributed by atoms with Gasteiger partial charge in [-0.05, 0) is 37.5 Å². The first-order valence-electron chi connectivity index (χ1n) is 7.50. The van der Waals surface area contributed by atoms with Gasteiger partial charge in [-0.3, -0.25) is 0 Å². The number of hydrogen-bond donors (Lipinski definition) is 3. The largest absolute Gasteiger partial charge is 0.480 e. The lowest BCUT2D eigenvalue weighted by Crippen LogP contribution is -2.60. The molecule has 0 radical (unpaired) electrons. The highest BCUT2D eigenvalue weighted by Gasteiger charge is 2.45. The van der Waals surface area contributed by atoms with Crippen molar-refractivity contribution in [2.45, 2.75) is 50.1 Å². The van der Waals surface area contributed by atoms with E-state index in [1.165, 1.54) is 25.7 Å². The Bertz CT molecular complexity index is 386. The summed E-state index contributed by atoms with van der Waals surface area (Å²) in [5.74, 6) is 0.234. The summed E-state index contributed by atoms with van der Waals surface area (Å²) in [5, 5.41) is 15.1. The van der Waals surface area contributed by atoms with Crippen LogP contribution in [0.15, 0.2) is 0 Å². The Morgan fingerprint density at radius 3 is 2.10 bits per heavy atom. The fourth-order valence-corrected chi connectivity index (χ4v) is 3.05. The van der Waals surface area contributed by atoms with Crippen molar-refractivity contribution in [3.63, 3.8) is 0 Å². The maximum atomic E-state index is 12.2. The third-order valence-electron chi connectivity index (χ3n) is 4.67. The van der Waals surface area contributed by atoms with Gasteiger partial charge in [0.05, 0.1) is 0 Å². The van der Waals surface area contributed by atoms with Gasteiger partial charge < -0.3 is 20.5 Å². The fraction of sp³-hybridized carbons (Fsp3) is 0.857. The van der Waals surface area contributed by atoms with Crippen molar-refractivity contribution in [3.8, 4) is 0 Å². The number of ether oxygens (including phenoxy) is 1. The zero-order valence-corrected chi connectivity index (χ0v) is 11.6. The van der Waals surface area contributed by atoms with Crippen LogP contribution in [0.5, 0.6) is 0 Å². The van der Waals surface area contributed by atoms with Crippen molar-refractivity contribution in [1.82, 2.24) is 10.6 Å². The highest BCUT2D eigenvalue weighted by Crippen LogP contribution is 2.44. The molecule has 3 rings (SSSR count). The maximum absolute atomic E-state index is 12.2. The number of carbonyl (C=O) groups excluding carboxylic acids is 1. The first-order chi connectivity index (χ1) is 9.61. The summed E-state index contributed by atoms with van der Waals surface area (Å²) in [6, 6.07) is -0.0983. The molecule has 3 fully saturated rings. The molecule has 0 aromatic carbocycles. The Morgan fingerprint density at radius 1 is 1.10 bits per heavy atom. The SMILES string of the molecule is O=C(NC(C1CC1)C1CC1)NC1(C(=O)O)CCOCC1. The summed E-state index contributed by atoms with van der Waals surface area (Å²) in [6.07, 6.45) is 5.37. The van der Waals surface area contributed by atoms with Crippen LogP contribution in [0.4, 0.5) is 4.79 Å². The van der Waals surface area contributed by atoms with E-state index < -0.39 is 11.5 Å². The molecular formula is C14H22N2O4. The van der Waals surface area contributed by atoms with E-state index in [1.807, 2.05) is 0 Å². The van der Waals surface area contributed by atoms with Gasteiger partial charge in [0.1, 0.15) is 5.54 Å². The molecule has 1 heterocycles. The second-order valence-electron chi connectivity index (χ2n) is 6.30. The Balaban J connectivity index is 1.59. The smallest absolute Gasteiger partial charge is 0.329 e. The predicted octanol–water partition coefficient (Wildman–Crippen LogP) is 1.11. The van der Waals surface area contributed by atoms with E-state index in [0.717, 1.165) is 0 Å². The minimum Gasteiger partial charge on any atom is -0.480 e. The number of carboxylic acid groups (broad SMARTS) is 1. The van der Waals surface area contributed by atoms with E-state index >= 15 is 0 Å². The summed E-state index contributed by atoms with van der Waals surface area (Å²) in [6.45, 7) is 0.752. The van der Waals surface area contributed by atoms with Gasteiger partial charge in [0.2, 0.25) is 0 Å². The van der Waals surface area contributed by atoms with Crippen LogP contribution in [0.3, 0.4) is 0 Å². The predicted molar refractivity (Wildman–Crippen MR) is 71.3 cm³/mol. The highest BCUT2D eigenvalue weighted by molar-refractivity contribution is 5.86. The Kier molecular flexibility index (Phi) is 3.58. The van der Waals surface area contributed by atoms with Gasteiger partial charge >= 0.3 is 12.0 Å². The zero-order chi connectivity index (χ0) is 14.2. The van der Waals surface area contributed by atoms with Crippen molar-refractivity contribution < 1.29 is 19.4 Å². The molecule has 0 unspecified atom stereocenters. The minimum absolute atomic E-state index is 0.237. The summed E-state index contributed by atoms with van der Waals surface area (Å²) in [4.78, 5) is 23.7. The quantitative estimate of drug-likeness (QED) is 0.705. The summed E-state index contributed by atoms with van der Waals surface area (Å²) >= 11 is 0. The number of urea groups is 1. The van der Waals surface area contributed by atoms with Crippen molar-refractivity contribution in [1.29, 1.82) is 0 Å². The molecule has 2 amide bonds. The third kappa shape index (κ3) is 2.90. The molecule has 6 nitrogen and oxygen atoms in total. The molecule has 1 aliphatic heterocycles. The molecule has 2 saturated carbocycles. The summed E-state index contributed by atoms with van der Waals surface area (Å²) in [5.41, 5.74) is -1.17. The molecule has 0 bridgehead atoms. The average molecular weight is 282 g/mol. The molecule has 6 heteroatoms. The second kappa shape index (κ2) is 5.24. The normalized spacial score (nSPS) is 25.2. The van der Waals surface area contributed by atoms with Crippen molar-refractivity contribution >= 4 is 12.0 Å². The zero-order valence-electron chi connectivity index (χ0n) is 11.6. The van der Waals surface area contributed by atoms with Gasteiger partial charge in [0.25, 0.3) is 0 Å². The topological polar surface area (TPSA) is 87.7 Å². The van der Waals surface area contributed by atoms with Crippen molar-refractivity contribution in [3.05, 3.63) is 0 Å². The van der Waals surface area contributed by atoms with E-state index in [0.29, 0.717) is 37.9 Å². The number of aliphatic carboxylic acids is 1. The van der Waals surface area contributed by atoms with Gasteiger partial charge in [-0.25, -0.2) is 9.59 Å². The highest BCUT2D eigenvalue weighted by atomic mass is 16.5. The Hall–Kier alpha value is -1.30. The summed E-state index contributed by atoms with van der Waals surface area (Å²) in [7, 11) is 0. The van der Waals surface area contributed by atoms with E-state index in [4.69, 9.17) is 4.74 Å². The van der Waals surface area contributed by atoms with Crippen LogP contribution in [0.2, 0.25) is 0 Å². The van der Waals surface area contributed by atoms with Crippen LogP contribution in [0.25, 0.3) is 0 Å². The van der Waals surface area contributed by atoms with E-state index in [1.54, 1.807) is 0 Å². The first kappa shape index (κ1) is 13.7. The summed E-state index contributed by atoms with van der Waals surface area (Å²) < 4.78 is 5.20. The van der Waals surface area contributed by atoms with Crippen molar-refractivity contribution in [2.24, 2.45) is 11.8 Å². The van der Waals surface area contributed by atoms with Crippen LogP contribution in [0.1, 0.15) is 38.5 Å².